The number of rotatable bonds is 5. The van der Waals surface area contributed by atoms with Gasteiger partial charge < -0.3 is 14.8 Å². The first kappa shape index (κ1) is 21.9. The van der Waals surface area contributed by atoms with Crippen LogP contribution in [-0.4, -0.2) is 49.9 Å². The lowest BCUT2D eigenvalue weighted by atomic mass is 9.85. The predicted molar refractivity (Wildman–Crippen MR) is 113 cm³/mol. The number of halogens is 3. The SMILES string of the molecule is FC(F)(F)c1cnc(N[C@@H]2CCC[C@H](c3nnc4ccccn34)C2)nc1OC1CCOCC1. The minimum Gasteiger partial charge on any atom is -0.474 e. The van der Waals surface area contributed by atoms with Crippen LogP contribution in [0.3, 0.4) is 0 Å². The van der Waals surface area contributed by atoms with Crippen LogP contribution < -0.4 is 10.1 Å². The van der Waals surface area contributed by atoms with Gasteiger partial charge in [-0.3, -0.25) is 4.40 Å². The second-order valence-electron chi connectivity index (χ2n) is 8.53. The van der Waals surface area contributed by atoms with Crippen molar-refractivity contribution in [1.82, 2.24) is 24.6 Å². The van der Waals surface area contributed by atoms with E-state index in [1.807, 2.05) is 28.8 Å². The Morgan fingerprint density at radius 3 is 2.76 bits per heavy atom. The van der Waals surface area contributed by atoms with Gasteiger partial charge in [-0.15, -0.1) is 10.2 Å². The first-order valence-electron chi connectivity index (χ1n) is 11.2. The molecule has 0 unspecified atom stereocenters. The van der Waals surface area contributed by atoms with Gasteiger partial charge in [0.25, 0.3) is 0 Å². The Kier molecular flexibility index (Phi) is 6.05. The van der Waals surface area contributed by atoms with E-state index < -0.39 is 17.6 Å². The highest BCUT2D eigenvalue weighted by Crippen LogP contribution is 2.37. The van der Waals surface area contributed by atoms with Crippen LogP contribution in [-0.2, 0) is 10.9 Å². The molecule has 3 aromatic heterocycles. The lowest BCUT2D eigenvalue weighted by Gasteiger charge is -2.29. The molecule has 1 N–H and O–H groups in total. The summed E-state index contributed by atoms with van der Waals surface area (Å²) in [7, 11) is 0. The third-order valence-corrected chi connectivity index (χ3v) is 6.22. The second kappa shape index (κ2) is 9.12. The second-order valence-corrected chi connectivity index (χ2v) is 8.53. The van der Waals surface area contributed by atoms with Crippen molar-refractivity contribution in [3.05, 3.63) is 42.0 Å². The van der Waals surface area contributed by atoms with Gasteiger partial charge in [0.05, 0.1) is 13.2 Å². The van der Waals surface area contributed by atoms with E-state index in [4.69, 9.17) is 9.47 Å². The molecule has 4 heterocycles. The van der Waals surface area contributed by atoms with Crippen molar-refractivity contribution in [1.29, 1.82) is 0 Å². The van der Waals surface area contributed by atoms with Crippen LogP contribution in [0.5, 0.6) is 5.88 Å². The van der Waals surface area contributed by atoms with Gasteiger partial charge >= 0.3 is 6.18 Å². The largest absolute Gasteiger partial charge is 0.474 e. The van der Waals surface area contributed by atoms with Gasteiger partial charge in [-0.05, 0) is 31.4 Å². The summed E-state index contributed by atoms with van der Waals surface area (Å²) in [4.78, 5) is 8.08. The van der Waals surface area contributed by atoms with E-state index in [1.165, 1.54) is 0 Å². The molecule has 11 heteroatoms. The number of nitrogens with one attached hydrogen (secondary N) is 1. The number of aromatic nitrogens is 5. The molecule has 5 rings (SSSR count). The Bertz CT molecular complexity index is 1100. The predicted octanol–water partition coefficient (Wildman–Crippen LogP) is 4.23. The van der Waals surface area contributed by atoms with Crippen LogP contribution in [0.25, 0.3) is 5.65 Å². The van der Waals surface area contributed by atoms with Gasteiger partial charge in [0.2, 0.25) is 11.8 Å². The van der Waals surface area contributed by atoms with Crippen LogP contribution in [0.2, 0.25) is 0 Å². The van der Waals surface area contributed by atoms with E-state index >= 15 is 0 Å². The van der Waals surface area contributed by atoms with E-state index in [1.54, 1.807) is 0 Å². The number of hydrogen-bond donors (Lipinski definition) is 1. The monoisotopic (exact) mass is 462 g/mol. The van der Waals surface area contributed by atoms with Crippen molar-refractivity contribution in [2.75, 3.05) is 18.5 Å². The summed E-state index contributed by atoms with van der Waals surface area (Å²) in [5.41, 5.74) is -0.167. The molecule has 176 valence electrons. The normalized spacial score (nSPS) is 22.4. The summed E-state index contributed by atoms with van der Waals surface area (Å²) in [6.45, 7) is 0.923. The topological polar surface area (TPSA) is 86.5 Å². The summed E-state index contributed by atoms with van der Waals surface area (Å²) in [5, 5.41) is 11.8. The average Bonchev–Trinajstić information content (AvgIpc) is 3.24. The van der Waals surface area contributed by atoms with Crippen molar-refractivity contribution < 1.29 is 22.6 Å². The van der Waals surface area contributed by atoms with Crippen molar-refractivity contribution in [2.45, 2.75) is 62.8 Å². The summed E-state index contributed by atoms with van der Waals surface area (Å²) in [6, 6.07) is 5.77. The first-order chi connectivity index (χ1) is 16.0. The number of alkyl halides is 3. The van der Waals surface area contributed by atoms with Crippen molar-refractivity contribution in [3.8, 4) is 5.88 Å². The third kappa shape index (κ3) is 4.87. The van der Waals surface area contributed by atoms with Gasteiger partial charge in [0.15, 0.2) is 5.65 Å². The van der Waals surface area contributed by atoms with Crippen molar-refractivity contribution >= 4 is 11.6 Å². The smallest absolute Gasteiger partial charge is 0.423 e. The van der Waals surface area contributed by atoms with Crippen LogP contribution in [0, 0.1) is 0 Å². The van der Waals surface area contributed by atoms with E-state index in [9.17, 15) is 13.2 Å². The Labute approximate surface area is 188 Å². The van der Waals surface area contributed by atoms with Crippen LogP contribution in [0.15, 0.2) is 30.6 Å². The third-order valence-electron chi connectivity index (χ3n) is 6.22. The van der Waals surface area contributed by atoms with Crippen molar-refractivity contribution in [3.63, 3.8) is 0 Å². The Morgan fingerprint density at radius 2 is 1.94 bits per heavy atom. The van der Waals surface area contributed by atoms with Crippen LogP contribution in [0.1, 0.15) is 55.8 Å². The first-order valence-corrected chi connectivity index (χ1v) is 11.2. The van der Waals surface area contributed by atoms with Gasteiger partial charge in [-0.2, -0.15) is 18.2 Å². The lowest BCUT2D eigenvalue weighted by Crippen LogP contribution is -2.29. The Hall–Kier alpha value is -2.95. The Balaban J connectivity index is 1.33. The van der Waals surface area contributed by atoms with Crippen molar-refractivity contribution in [2.24, 2.45) is 0 Å². The molecule has 2 aliphatic rings. The molecule has 2 atom stereocenters. The molecule has 0 aromatic carbocycles. The molecule has 1 saturated heterocycles. The fourth-order valence-corrected chi connectivity index (χ4v) is 4.55. The molecule has 1 saturated carbocycles. The van der Waals surface area contributed by atoms with E-state index in [2.05, 4.69) is 25.5 Å². The summed E-state index contributed by atoms with van der Waals surface area (Å²) >= 11 is 0. The molecule has 1 aliphatic carbocycles. The van der Waals surface area contributed by atoms with E-state index in [0.717, 1.165) is 43.4 Å². The highest BCUT2D eigenvalue weighted by molar-refractivity contribution is 5.38. The molecule has 8 nitrogen and oxygen atoms in total. The average molecular weight is 462 g/mol. The molecule has 0 spiro atoms. The van der Waals surface area contributed by atoms with Gasteiger partial charge in [0.1, 0.15) is 17.5 Å². The van der Waals surface area contributed by atoms with Gasteiger partial charge in [-0.25, -0.2) is 4.98 Å². The van der Waals surface area contributed by atoms with Crippen LogP contribution in [0.4, 0.5) is 19.1 Å². The highest BCUT2D eigenvalue weighted by atomic mass is 19.4. The number of anilines is 1. The molecule has 33 heavy (non-hydrogen) atoms. The molecular weight excluding hydrogens is 437 g/mol. The minimum atomic E-state index is -4.59. The molecule has 2 fully saturated rings. The lowest BCUT2D eigenvalue weighted by molar-refractivity contribution is -0.140. The van der Waals surface area contributed by atoms with E-state index in [0.29, 0.717) is 26.1 Å². The molecule has 1 aliphatic heterocycles. The maximum absolute atomic E-state index is 13.5. The fraction of sp³-hybridized carbons (Fsp3) is 0.545. The van der Waals surface area contributed by atoms with Crippen LogP contribution >= 0.6 is 0 Å². The standard InChI is InChI=1S/C22H25F3N6O2/c23-22(24,25)17-13-26-21(28-20(17)33-16-7-10-32-11-8-16)27-15-5-3-4-14(12-15)19-30-29-18-6-1-2-9-31(18)19/h1-2,6,9,13-16H,3-5,7-8,10-12H2,(H,26,27,28)/t14-,15+/m0/s1. The zero-order valence-electron chi connectivity index (χ0n) is 18.0. The summed E-state index contributed by atoms with van der Waals surface area (Å²) in [5.74, 6) is 0.791. The number of nitrogens with zero attached hydrogens (tertiary/aromatic N) is 5. The van der Waals surface area contributed by atoms with Gasteiger partial charge in [-0.1, -0.05) is 12.5 Å². The van der Waals surface area contributed by atoms with Gasteiger partial charge in [0, 0.05) is 37.2 Å². The molecule has 0 bridgehead atoms. The zero-order chi connectivity index (χ0) is 22.8. The summed E-state index contributed by atoms with van der Waals surface area (Å²) in [6.07, 6.45) is 2.41. The number of ether oxygens (including phenoxy) is 2. The molecule has 0 amide bonds. The highest BCUT2D eigenvalue weighted by Gasteiger charge is 2.37. The summed E-state index contributed by atoms with van der Waals surface area (Å²) < 4.78 is 53.4. The fourth-order valence-electron chi connectivity index (χ4n) is 4.55. The number of fused-ring (bicyclic) bond motifs is 1. The molecular formula is C22H25F3N6O2. The minimum absolute atomic E-state index is 0.00693. The quantitative estimate of drug-likeness (QED) is 0.607. The Morgan fingerprint density at radius 1 is 1.09 bits per heavy atom. The maximum atomic E-state index is 13.5. The molecule has 3 aromatic rings. The molecule has 0 radical (unpaired) electrons. The van der Waals surface area contributed by atoms with E-state index in [-0.39, 0.29) is 24.0 Å². The number of hydrogen-bond acceptors (Lipinski definition) is 7. The zero-order valence-corrected chi connectivity index (χ0v) is 18.0. The maximum Gasteiger partial charge on any atom is 0.423 e. The number of pyridine rings is 1.